The van der Waals surface area contributed by atoms with Crippen molar-refractivity contribution in [3.8, 4) is 11.1 Å². The summed E-state index contributed by atoms with van der Waals surface area (Å²) in [6, 6.07) is 6.78. The largest absolute Gasteiger partial charge is 0.416 e. The number of halogens is 4. The Balaban J connectivity index is 2.34. The van der Waals surface area contributed by atoms with Gasteiger partial charge in [-0.2, -0.15) is 13.2 Å². The molecule has 0 radical (unpaired) electrons. The lowest BCUT2D eigenvalue weighted by Gasteiger charge is -2.08. The van der Waals surface area contributed by atoms with Gasteiger partial charge in [0.05, 0.1) is 5.56 Å². The zero-order chi connectivity index (χ0) is 13.2. The second-order valence-corrected chi connectivity index (χ2v) is 4.06. The number of hydrogen-bond donors (Lipinski definition) is 0. The van der Waals surface area contributed by atoms with Crippen LogP contribution in [0, 0.1) is 0 Å². The normalized spacial score (nSPS) is 11.6. The van der Waals surface area contributed by atoms with E-state index >= 15 is 0 Å². The minimum Gasteiger partial charge on any atom is -0.264 e. The van der Waals surface area contributed by atoms with Gasteiger partial charge in [0.15, 0.2) is 0 Å². The highest BCUT2D eigenvalue weighted by Gasteiger charge is 2.29. The van der Waals surface area contributed by atoms with Crippen molar-refractivity contribution < 1.29 is 13.2 Å². The number of nitrogens with zero attached hydrogens (tertiary/aromatic N) is 1. The number of rotatable bonds is 2. The van der Waals surface area contributed by atoms with Crippen molar-refractivity contribution in [2.75, 3.05) is 0 Å². The molecule has 0 saturated heterocycles. The van der Waals surface area contributed by atoms with Crippen molar-refractivity contribution in [3.63, 3.8) is 0 Å². The fourth-order valence-electron chi connectivity index (χ4n) is 1.57. The number of benzene rings is 1. The summed E-state index contributed by atoms with van der Waals surface area (Å²) >= 11 is 5.68. The van der Waals surface area contributed by atoms with E-state index in [0.29, 0.717) is 11.4 Å². The van der Waals surface area contributed by atoms with Crippen LogP contribution in [0.1, 0.15) is 11.1 Å². The van der Waals surface area contributed by atoms with Gasteiger partial charge in [0.1, 0.15) is 0 Å². The second-order valence-electron chi connectivity index (χ2n) is 3.79. The fraction of sp³-hybridized carbons (Fsp3) is 0.154. The maximum atomic E-state index is 12.4. The summed E-state index contributed by atoms with van der Waals surface area (Å²) < 4.78 is 37.2. The Labute approximate surface area is 107 Å². The van der Waals surface area contributed by atoms with E-state index in [0.717, 1.165) is 23.3 Å². The topological polar surface area (TPSA) is 12.9 Å². The van der Waals surface area contributed by atoms with E-state index in [1.54, 1.807) is 12.4 Å². The van der Waals surface area contributed by atoms with Crippen molar-refractivity contribution in [1.82, 2.24) is 4.98 Å². The zero-order valence-corrected chi connectivity index (χ0v) is 9.96. The zero-order valence-electron chi connectivity index (χ0n) is 9.21. The molecule has 2 rings (SSSR count). The minimum atomic E-state index is -4.31. The Kier molecular flexibility index (Phi) is 3.57. The van der Waals surface area contributed by atoms with Crippen LogP contribution in [0.5, 0.6) is 0 Å². The summed E-state index contributed by atoms with van der Waals surface area (Å²) in [5.74, 6) is 0.321. The lowest BCUT2D eigenvalue weighted by molar-refractivity contribution is -0.137. The van der Waals surface area contributed by atoms with E-state index in [4.69, 9.17) is 11.6 Å². The highest BCUT2D eigenvalue weighted by Crippen LogP contribution is 2.30. The predicted molar refractivity (Wildman–Crippen MR) is 64.2 cm³/mol. The molecule has 0 aliphatic rings. The number of hydrogen-bond acceptors (Lipinski definition) is 1. The molecule has 0 atom stereocenters. The molecule has 0 bridgehead atoms. The summed E-state index contributed by atoms with van der Waals surface area (Å²) in [6.07, 6.45) is -1.09. The minimum absolute atomic E-state index is 0.321. The lowest BCUT2D eigenvalue weighted by Crippen LogP contribution is -2.04. The van der Waals surface area contributed by atoms with E-state index < -0.39 is 11.7 Å². The molecule has 1 nitrogen and oxygen atoms in total. The molecular weight excluding hydrogens is 263 g/mol. The van der Waals surface area contributed by atoms with Gasteiger partial charge in [0.25, 0.3) is 0 Å². The highest BCUT2D eigenvalue weighted by molar-refractivity contribution is 6.17. The van der Waals surface area contributed by atoms with Crippen LogP contribution in [0.25, 0.3) is 11.1 Å². The van der Waals surface area contributed by atoms with E-state index in [9.17, 15) is 13.2 Å². The molecule has 5 heteroatoms. The van der Waals surface area contributed by atoms with Gasteiger partial charge < -0.3 is 0 Å². The lowest BCUT2D eigenvalue weighted by atomic mass is 10.0. The smallest absolute Gasteiger partial charge is 0.264 e. The molecule has 0 spiro atoms. The summed E-state index contributed by atoms with van der Waals surface area (Å²) in [5.41, 5.74) is 1.60. The SMILES string of the molecule is FC(F)(F)c1ccc(-c2cncc(CCl)c2)cc1. The number of alkyl halides is 4. The molecule has 94 valence electrons. The van der Waals surface area contributed by atoms with Gasteiger partial charge in [-0.3, -0.25) is 4.98 Å². The van der Waals surface area contributed by atoms with Crippen molar-refractivity contribution in [2.45, 2.75) is 12.1 Å². The first-order valence-electron chi connectivity index (χ1n) is 5.18. The Morgan fingerprint density at radius 1 is 1.00 bits per heavy atom. The summed E-state index contributed by atoms with van der Waals surface area (Å²) in [6.45, 7) is 0. The van der Waals surface area contributed by atoms with Crippen molar-refractivity contribution in [2.24, 2.45) is 0 Å². The first kappa shape index (κ1) is 12.9. The van der Waals surface area contributed by atoms with Gasteiger partial charge in [-0.1, -0.05) is 12.1 Å². The second kappa shape index (κ2) is 4.98. The number of pyridine rings is 1. The molecule has 0 fully saturated rings. The van der Waals surface area contributed by atoms with E-state index in [2.05, 4.69) is 4.98 Å². The first-order valence-corrected chi connectivity index (χ1v) is 5.71. The Morgan fingerprint density at radius 2 is 1.67 bits per heavy atom. The van der Waals surface area contributed by atoms with E-state index in [-0.39, 0.29) is 0 Å². The third-order valence-electron chi connectivity index (χ3n) is 2.49. The average Bonchev–Trinajstić information content (AvgIpc) is 2.38. The Bertz CT molecular complexity index is 535. The molecule has 1 aromatic heterocycles. The van der Waals surface area contributed by atoms with Crippen LogP contribution in [-0.2, 0) is 12.1 Å². The Hall–Kier alpha value is -1.55. The van der Waals surface area contributed by atoms with Gasteiger partial charge in [-0.05, 0) is 29.3 Å². The molecule has 1 aromatic carbocycles. The summed E-state index contributed by atoms with van der Waals surface area (Å²) in [5, 5.41) is 0. The molecular formula is C13H9ClF3N. The molecule has 0 saturated carbocycles. The molecule has 0 unspecified atom stereocenters. The standard InChI is InChI=1S/C13H9ClF3N/c14-6-9-5-11(8-18-7-9)10-1-3-12(4-2-10)13(15,16)17/h1-5,7-8H,6H2. The first-order chi connectivity index (χ1) is 8.50. The highest BCUT2D eigenvalue weighted by atomic mass is 35.5. The molecule has 0 N–H and O–H groups in total. The number of aromatic nitrogens is 1. The van der Waals surface area contributed by atoms with Crippen molar-refractivity contribution in [3.05, 3.63) is 53.9 Å². The van der Waals surface area contributed by atoms with Gasteiger partial charge in [-0.25, -0.2) is 0 Å². The van der Waals surface area contributed by atoms with Gasteiger partial charge >= 0.3 is 6.18 Å². The van der Waals surface area contributed by atoms with Crippen LogP contribution in [0.2, 0.25) is 0 Å². The third kappa shape index (κ3) is 2.82. The molecule has 0 aliphatic carbocycles. The maximum Gasteiger partial charge on any atom is 0.416 e. The van der Waals surface area contributed by atoms with Gasteiger partial charge in [-0.15, -0.1) is 11.6 Å². The van der Waals surface area contributed by atoms with Gasteiger partial charge in [0.2, 0.25) is 0 Å². The third-order valence-corrected chi connectivity index (χ3v) is 2.80. The molecule has 2 aromatic rings. The summed E-state index contributed by atoms with van der Waals surface area (Å²) in [4.78, 5) is 4.00. The summed E-state index contributed by atoms with van der Waals surface area (Å²) in [7, 11) is 0. The van der Waals surface area contributed by atoms with Crippen LogP contribution < -0.4 is 0 Å². The van der Waals surface area contributed by atoms with Crippen LogP contribution in [0.4, 0.5) is 13.2 Å². The maximum absolute atomic E-state index is 12.4. The predicted octanol–water partition coefficient (Wildman–Crippen LogP) is 4.51. The Morgan fingerprint density at radius 3 is 2.22 bits per heavy atom. The van der Waals surface area contributed by atoms with Gasteiger partial charge in [0, 0.05) is 23.8 Å². The molecule has 0 aliphatic heterocycles. The van der Waals surface area contributed by atoms with Crippen LogP contribution in [0.15, 0.2) is 42.7 Å². The van der Waals surface area contributed by atoms with Crippen molar-refractivity contribution in [1.29, 1.82) is 0 Å². The molecule has 18 heavy (non-hydrogen) atoms. The van der Waals surface area contributed by atoms with Crippen LogP contribution >= 0.6 is 11.6 Å². The fourth-order valence-corrected chi connectivity index (χ4v) is 1.72. The monoisotopic (exact) mass is 271 g/mol. The average molecular weight is 272 g/mol. The quantitative estimate of drug-likeness (QED) is 0.733. The van der Waals surface area contributed by atoms with E-state index in [1.165, 1.54) is 12.1 Å². The molecule has 0 amide bonds. The van der Waals surface area contributed by atoms with Crippen LogP contribution in [-0.4, -0.2) is 4.98 Å². The van der Waals surface area contributed by atoms with E-state index in [1.807, 2.05) is 6.07 Å². The van der Waals surface area contributed by atoms with Crippen LogP contribution in [0.3, 0.4) is 0 Å². The molecule has 1 heterocycles. The van der Waals surface area contributed by atoms with Crippen molar-refractivity contribution >= 4 is 11.6 Å².